The number of nitrogens with one attached hydrogen (secondary N) is 1. The third-order valence-corrected chi connectivity index (χ3v) is 7.54. The lowest BCUT2D eigenvalue weighted by Gasteiger charge is -2.19. The second-order valence-corrected chi connectivity index (χ2v) is 9.52. The van der Waals surface area contributed by atoms with Crippen molar-refractivity contribution in [3.63, 3.8) is 0 Å². The third-order valence-electron chi connectivity index (χ3n) is 4.69. The first-order valence-corrected chi connectivity index (χ1v) is 11.3. The molecule has 0 bridgehead atoms. The van der Waals surface area contributed by atoms with Gasteiger partial charge in [0.2, 0.25) is 10.0 Å². The van der Waals surface area contributed by atoms with Crippen LogP contribution in [-0.4, -0.2) is 32.3 Å². The molecule has 1 fully saturated rings. The molecule has 1 aromatic carbocycles. The van der Waals surface area contributed by atoms with Crippen LogP contribution in [0.5, 0.6) is 0 Å². The maximum absolute atomic E-state index is 12.6. The highest BCUT2D eigenvalue weighted by Crippen LogP contribution is 2.23. The van der Waals surface area contributed by atoms with Gasteiger partial charge in [0.05, 0.1) is 5.56 Å². The Bertz CT molecular complexity index is 866. The summed E-state index contributed by atoms with van der Waals surface area (Å²) in [7, 11) is -3.63. The molecule has 0 unspecified atom stereocenters. The average Bonchev–Trinajstić information content (AvgIpc) is 2.98. The van der Waals surface area contributed by atoms with Crippen molar-refractivity contribution in [2.45, 2.75) is 43.4 Å². The first-order chi connectivity index (χ1) is 12.5. The maximum Gasteiger partial charge on any atom is 0.254 e. The summed E-state index contributed by atoms with van der Waals surface area (Å²) < 4.78 is 27.9. The highest BCUT2D eigenvalue weighted by atomic mass is 32.2. The fourth-order valence-corrected chi connectivity index (χ4v) is 5.28. The smallest absolute Gasteiger partial charge is 0.254 e. The van der Waals surface area contributed by atoms with Crippen LogP contribution in [-0.2, 0) is 16.6 Å². The summed E-state index contributed by atoms with van der Waals surface area (Å²) in [5.41, 5.74) is 2.44. The van der Waals surface area contributed by atoms with Crippen LogP contribution in [0.4, 0.5) is 0 Å². The average molecular weight is 393 g/mol. The fourth-order valence-electron chi connectivity index (χ4n) is 3.08. The largest absolute Gasteiger partial charge is 0.339 e. The molecule has 1 aliphatic rings. The van der Waals surface area contributed by atoms with Crippen LogP contribution in [0.15, 0.2) is 39.9 Å². The molecule has 0 saturated carbocycles. The minimum absolute atomic E-state index is 0.0662. The van der Waals surface area contributed by atoms with E-state index in [0.717, 1.165) is 61.2 Å². The molecule has 7 heteroatoms. The molecule has 2 heterocycles. The molecule has 1 amide bonds. The summed E-state index contributed by atoms with van der Waals surface area (Å²) in [5.74, 6) is -0.0662. The summed E-state index contributed by atoms with van der Waals surface area (Å²) in [6, 6.07) is 9.17. The van der Waals surface area contributed by atoms with Crippen LogP contribution in [0.25, 0.3) is 0 Å². The van der Waals surface area contributed by atoms with Gasteiger partial charge in [0.15, 0.2) is 0 Å². The topological polar surface area (TPSA) is 66.5 Å². The summed E-state index contributed by atoms with van der Waals surface area (Å²) in [6.45, 7) is 3.69. The van der Waals surface area contributed by atoms with E-state index in [1.807, 2.05) is 36.1 Å². The number of hydrogen-bond donors (Lipinski definition) is 1. The lowest BCUT2D eigenvalue weighted by Crippen LogP contribution is -2.31. The van der Waals surface area contributed by atoms with E-state index in [0.29, 0.717) is 5.56 Å². The molecule has 26 heavy (non-hydrogen) atoms. The number of carbonyl (C=O) groups excluding carboxylic acids is 1. The normalized spacial score (nSPS) is 15.7. The first-order valence-electron chi connectivity index (χ1n) is 8.89. The van der Waals surface area contributed by atoms with Crippen molar-refractivity contribution < 1.29 is 13.2 Å². The monoisotopic (exact) mass is 392 g/mol. The molecule has 1 aliphatic heterocycles. The predicted molar refractivity (Wildman–Crippen MR) is 104 cm³/mol. The number of likely N-dealkylation sites (tertiary alicyclic amines) is 1. The zero-order chi connectivity index (χ0) is 18.6. The number of sulfonamides is 1. The van der Waals surface area contributed by atoms with E-state index in [2.05, 4.69) is 4.72 Å². The van der Waals surface area contributed by atoms with E-state index in [4.69, 9.17) is 0 Å². The second kappa shape index (κ2) is 8.33. The lowest BCUT2D eigenvalue weighted by molar-refractivity contribution is 0.0762. The van der Waals surface area contributed by atoms with Crippen LogP contribution in [0.2, 0.25) is 0 Å². The number of amides is 1. The van der Waals surface area contributed by atoms with E-state index in [-0.39, 0.29) is 16.7 Å². The lowest BCUT2D eigenvalue weighted by atomic mass is 10.1. The standard InChI is InChI=1S/C19H24N2O3S2/c1-15-8-4-5-9-16(15)13-20-26(23,24)18-12-17(14-25-18)19(22)21-10-6-2-3-7-11-21/h4-5,8-9,12,14,20H,2-3,6-7,10-11,13H2,1H3. The van der Waals surface area contributed by atoms with Crippen LogP contribution in [0, 0.1) is 6.92 Å². The minimum atomic E-state index is -3.63. The van der Waals surface area contributed by atoms with Crippen molar-refractivity contribution in [3.05, 3.63) is 52.4 Å². The number of hydrogen-bond acceptors (Lipinski definition) is 4. The van der Waals surface area contributed by atoms with Gasteiger partial charge in [-0.3, -0.25) is 4.79 Å². The van der Waals surface area contributed by atoms with Crippen molar-refractivity contribution in [3.8, 4) is 0 Å². The summed E-state index contributed by atoms with van der Waals surface area (Å²) >= 11 is 1.10. The van der Waals surface area contributed by atoms with Crippen molar-refractivity contribution in [1.29, 1.82) is 0 Å². The molecule has 0 atom stereocenters. The number of benzene rings is 1. The fraction of sp³-hybridized carbons (Fsp3) is 0.421. The Balaban J connectivity index is 1.69. The van der Waals surface area contributed by atoms with Crippen molar-refractivity contribution >= 4 is 27.3 Å². The summed E-state index contributed by atoms with van der Waals surface area (Å²) in [5, 5.41) is 1.65. The SMILES string of the molecule is Cc1ccccc1CNS(=O)(=O)c1cc(C(=O)N2CCCCCC2)cs1. The molecule has 0 spiro atoms. The second-order valence-electron chi connectivity index (χ2n) is 6.61. The maximum atomic E-state index is 12.6. The first kappa shape index (κ1) is 19.1. The molecule has 0 aliphatic carbocycles. The van der Waals surface area contributed by atoms with Gasteiger partial charge in [-0.25, -0.2) is 13.1 Å². The molecule has 1 saturated heterocycles. The van der Waals surface area contributed by atoms with Crippen molar-refractivity contribution in [1.82, 2.24) is 9.62 Å². The molecular formula is C19H24N2O3S2. The number of rotatable bonds is 5. The van der Waals surface area contributed by atoms with Crippen LogP contribution < -0.4 is 4.72 Å². The van der Waals surface area contributed by atoms with Gasteiger partial charge in [0, 0.05) is 25.0 Å². The number of thiophene rings is 1. The Labute approximate surface area is 159 Å². The molecule has 1 N–H and O–H groups in total. The van der Waals surface area contributed by atoms with E-state index in [9.17, 15) is 13.2 Å². The highest BCUT2D eigenvalue weighted by molar-refractivity contribution is 7.91. The van der Waals surface area contributed by atoms with E-state index in [1.165, 1.54) is 6.07 Å². The zero-order valence-corrected chi connectivity index (χ0v) is 16.5. The van der Waals surface area contributed by atoms with Gasteiger partial charge in [0.25, 0.3) is 5.91 Å². The Hall–Kier alpha value is -1.70. The Morgan fingerprint density at radius 1 is 1.15 bits per heavy atom. The van der Waals surface area contributed by atoms with Crippen molar-refractivity contribution in [2.24, 2.45) is 0 Å². The van der Waals surface area contributed by atoms with Crippen LogP contribution in [0.3, 0.4) is 0 Å². The molecule has 0 radical (unpaired) electrons. The predicted octanol–water partition coefficient (Wildman–Crippen LogP) is 3.55. The van der Waals surface area contributed by atoms with Gasteiger partial charge in [-0.1, -0.05) is 37.1 Å². The third kappa shape index (κ3) is 4.52. The van der Waals surface area contributed by atoms with Gasteiger partial charge >= 0.3 is 0 Å². The summed E-state index contributed by atoms with van der Waals surface area (Å²) in [6.07, 6.45) is 4.32. The van der Waals surface area contributed by atoms with Gasteiger partial charge in [-0.15, -0.1) is 11.3 Å². The zero-order valence-electron chi connectivity index (χ0n) is 14.9. The number of carbonyl (C=O) groups is 1. The van der Waals surface area contributed by atoms with Crippen LogP contribution >= 0.6 is 11.3 Å². The van der Waals surface area contributed by atoms with E-state index < -0.39 is 10.0 Å². The summed E-state index contributed by atoms with van der Waals surface area (Å²) in [4.78, 5) is 14.5. The van der Waals surface area contributed by atoms with Gasteiger partial charge in [-0.2, -0.15) is 0 Å². The van der Waals surface area contributed by atoms with Gasteiger partial charge < -0.3 is 4.90 Å². The Morgan fingerprint density at radius 3 is 2.54 bits per heavy atom. The molecule has 1 aromatic heterocycles. The highest BCUT2D eigenvalue weighted by Gasteiger charge is 2.22. The molecule has 3 rings (SSSR count). The Kier molecular flexibility index (Phi) is 6.11. The molecule has 5 nitrogen and oxygen atoms in total. The van der Waals surface area contributed by atoms with Crippen molar-refractivity contribution in [2.75, 3.05) is 13.1 Å². The molecule has 2 aromatic rings. The van der Waals surface area contributed by atoms with E-state index in [1.54, 1.807) is 5.38 Å². The molecular weight excluding hydrogens is 368 g/mol. The minimum Gasteiger partial charge on any atom is -0.339 e. The van der Waals surface area contributed by atoms with Gasteiger partial charge in [-0.05, 0) is 37.0 Å². The number of nitrogens with zero attached hydrogens (tertiary/aromatic N) is 1. The molecule has 140 valence electrons. The Morgan fingerprint density at radius 2 is 1.85 bits per heavy atom. The van der Waals surface area contributed by atoms with E-state index >= 15 is 0 Å². The van der Waals surface area contributed by atoms with Crippen LogP contribution in [0.1, 0.15) is 47.2 Å². The number of aryl methyl sites for hydroxylation is 1. The quantitative estimate of drug-likeness (QED) is 0.846. The van der Waals surface area contributed by atoms with Gasteiger partial charge in [0.1, 0.15) is 4.21 Å².